The Morgan fingerprint density at radius 1 is 0.972 bits per heavy atom. The van der Waals surface area contributed by atoms with E-state index >= 15 is 0 Å². The van der Waals surface area contributed by atoms with Crippen molar-refractivity contribution >= 4 is 23.0 Å². The Kier molecular flexibility index (Phi) is 5.93. The lowest BCUT2D eigenvalue weighted by atomic mass is 9.85. The molecular weight excluding hydrogens is 454 g/mol. The predicted molar refractivity (Wildman–Crippen MR) is 135 cm³/mol. The molecule has 2 fully saturated rings. The Labute approximate surface area is 210 Å². The molecular formula is C28H31N5O3. The van der Waals surface area contributed by atoms with Gasteiger partial charge in [0, 0.05) is 51.7 Å². The van der Waals surface area contributed by atoms with Gasteiger partial charge in [-0.3, -0.25) is 24.6 Å². The minimum Gasteiger partial charge on any atom is -0.383 e. The molecule has 186 valence electrons. The van der Waals surface area contributed by atoms with Gasteiger partial charge in [-0.15, -0.1) is 0 Å². The molecule has 36 heavy (non-hydrogen) atoms. The lowest BCUT2D eigenvalue weighted by molar-refractivity contribution is -0.137. The van der Waals surface area contributed by atoms with Gasteiger partial charge in [0.05, 0.1) is 17.6 Å². The van der Waals surface area contributed by atoms with Crippen LogP contribution in [0.3, 0.4) is 0 Å². The second kappa shape index (κ2) is 9.26. The first-order valence-corrected chi connectivity index (χ1v) is 12.7. The summed E-state index contributed by atoms with van der Waals surface area (Å²) in [6.07, 6.45) is 6.14. The number of hydrogen-bond acceptors (Lipinski definition) is 6. The van der Waals surface area contributed by atoms with E-state index in [-0.39, 0.29) is 18.0 Å². The van der Waals surface area contributed by atoms with Gasteiger partial charge in [0.2, 0.25) is 0 Å². The molecule has 3 aromatic rings. The number of aromatic nitrogens is 2. The quantitative estimate of drug-likeness (QED) is 0.500. The number of methoxy groups -OCH3 is 1. The maximum atomic E-state index is 14.0. The largest absolute Gasteiger partial charge is 0.383 e. The molecule has 1 aliphatic carbocycles. The van der Waals surface area contributed by atoms with Gasteiger partial charge in [-0.2, -0.15) is 0 Å². The number of piperidine rings is 1. The topological polar surface area (TPSA) is 78.9 Å². The highest BCUT2D eigenvalue weighted by molar-refractivity contribution is 6.07. The maximum Gasteiger partial charge on any atom is 0.328 e. The summed E-state index contributed by atoms with van der Waals surface area (Å²) in [6.45, 7) is 3.05. The van der Waals surface area contributed by atoms with Crippen molar-refractivity contribution in [2.45, 2.75) is 43.8 Å². The van der Waals surface area contributed by atoms with Crippen molar-refractivity contribution in [3.63, 3.8) is 0 Å². The lowest BCUT2D eigenvalue weighted by Gasteiger charge is -2.42. The molecule has 3 heterocycles. The summed E-state index contributed by atoms with van der Waals surface area (Å²) in [5, 5.41) is 0. The van der Waals surface area contributed by atoms with E-state index in [1.165, 1.54) is 11.1 Å². The average Bonchev–Trinajstić information content (AvgIpc) is 3.41. The van der Waals surface area contributed by atoms with Crippen LogP contribution in [0.25, 0.3) is 11.0 Å². The first kappa shape index (κ1) is 23.1. The fraction of sp³-hybridized carbons (Fsp3) is 0.429. The standard InChI is InChI=1S/C28H31N5O3/c1-36-16-15-32-27(35)33(23-17-20-5-2-3-6-21(20)18-23)26(34)28(32)9-13-31(14-10-28)19-22-7-4-8-24-25(22)30-12-11-29-24/h2-8,11-12,23H,9-10,13-19H2,1H3. The minimum atomic E-state index is -0.792. The Bertz CT molecular complexity index is 1270. The second-order valence-electron chi connectivity index (χ2n) is 10.1. The summed E-state index contributed by atoms with van der Waals surface area (Å²) in [6, 6.07) is 14.1. The van der Waals surface area contributed by atoms with E-state index in [0.29, 0.717) is 26.0 Å². The molecule has 6 rings (SSSR count). The Balaban J connectivity index is 1.22. The van der Waals surface area contributed by atoms with Crippen molar-refractivity contribution in [1.82, 2.24) is 24.7 Å². The van der Waals surface area contributed by atoms with Gasteiger partial charge in [0.25, 0.3) is 5.91 Å². The number of fused-ring (bicyclic) bond motifs is 2. The van der Waals surface area contributed by atoms with Crippen LogP contribution in [-0.4, -0.2) is 81.5 Å². The van der Waals surface area contributed by atoms with Crippen LogP contribution in [-0.2, 0) is 28.9 Å². The third-order valence-corrected chi connectivity index (χ3v) is 8.14. The highest BCUT2D eigenvalue weighted by atomic mass is 16.5. The SMILES string of the molecule is COCCN1C(=O)N(C2Cc3ccccc3C2)C(=O)C12CCN(Cc1cccc3nccnc13)CC2. The zero-order valence-electron chi connectivity index (χ0n) is 20.6. The molecule has 3 aliphatic rings. The summed E-state index contributed by atoms with van der Waals surface area (Å²) < 4.78 is 5.33. The molecule has 2 saturated heterocycles. The maximum absolute atomic E-state index is 14.0. The summed E-state index contributed by atoms with van der Waals surface area (Å²) in [7, 11) is 1.64. The van der Waals surface area contributed by atoms with Crippen LogP contribution in [0, 0.1) is 0 Å². The number of rotatable bonds is 6. The summed E-state index contributed by atoms with van der Waals surface area (Å²) >= 11 is 0. The van der Waals surface area contributed by atoms with E-state index in [9.17, 15) is 9.59 Å². The molecule has 0 bridgehead atoms. The molecule has 0 radical (unpaired) electrons. The Morgan fingerprint density at radius 2 is 1.69 bits per heavy atom. The molecule has 8 heteroatoms. The number of carbonyl (C=O) groups is 2. The number of carbonyl (C=O) groups excluding carboxylic acids is 2. The van der Waals surface area contributed by atoms with Crippen LogP contribution in [0.1, 0.15) is 29.5 Å². The monoisotopic (exact) mass is 485 g/mol. The number of urea groups is 1. The first-order chi connectivity index (χ1) is 17.6. The normalized spacial score (nSPS) is 20.1. The molecule has 1 spiro atoms. The molecule has 0 saturated carbocycles. The van der Waals surface area contributed by atoms with Gasteiger partial charge in [0.15, 0.2) is 0 Å². The van der Waals surface area contributed by atoms with Crippen molar-refractivity contribution < 1.29 is 14.3 Å². The van der Waals surface area contributed by atoms with Crippen LogP contribution >= 0.6 is 0 Å². The Morgan fingerprint density at radius 3 is 2.42 bits per heavy atom. The van der Waals surface area contributed by atoms with E-state index in [1.54, 1.807) is 24.4 Å². The van der Waals surface area contributed by atoms with Crippen LogP contribution < -0.4 is 0 Å². The van der Waals surface area contributed by atoms with Crippen molar-refractivity contribution in [3.8, 4) is 0 Å². The average molecular weight is 486 g/mol. The predicted octanol–water partition coefficient (Wildman–Crippen LogP) is 3.04. The fourth-order valence-electron chi connectivity index (χ4n) is 6.26. The smallest absolute Gasteiger partial charge is 0.328 e. The molecule has 0 N–H and O–H groups in total. The number of benzene rings is 2. The highest BCUT2D eigenvalue weighted by Gasteiger charge is 2.59. The molecule has 2 aromatic carbocycles. The number of hydrogen-bond donors (Lipinski definition) is 0. The number of nitrogens with zero attached hydrogens (tertiary/aromatic N) is 5. The third-order valence-electron chi connectivity index (χ3n) is 8.14. The van der Waals surface area contributed by atoms with Gasteiger partial charge in [-0.05, 0) is 48.4 Å². The number of amides is 3. The first-order valence-electron chi connectivity index (χ1n) is 12.7. The molecule has 1 aromatic heterocycles. The Hall–Kier alpha value is -3.36. The van der Waals surface area contributed by atoms with Crippen molar-refractivity contribution in [1.29, 1.82) is 0 Å². The van der Waals surface area contributed by atoms with E-state index in [2.05, 4.69) is 33.1 Å². The molecule has 0 unspecified atom stereocenters. The van der Waals surface area contributed by atoms with Crippen LogP contribution in [0.5, 0.6) is 0 Å². The van der Waals surface area contributed by atoms with E-state index in [0.717, 1.165) is 49.1 Å². The van der Waals surface area contributed by atoms with Gasteiger partial charge in [-0.1, -0.05) is 36.4 Å². The van der Waals surface area contributed by atoms with Gasteiger partial charge in [0.1, 0.15) is 5.54 Å². The van der Waals surface area contributed by atoms with E-state index in [1.807, 2.05) is 29.2 Å². The van der Waals surface area contributed by atoms with Gasteiger partial charge >= 0.3 is 6.03 Å². The third kappa shape index (κ3) is 3.76. The lowest BCUT2D eigenvalue weighted by Crippen LogP contribution is -2.57. The van der Waals surface area contributed by atoms with Gasteiger partial charge in [-0.25, -0.2) is 4.79 Å². The zero-order valence-corrected chi connectivity index (χ0v) is 20.6. The summed E-state index contributed by atoms with van der Waals surface area (Å²) in [4.78, 5) is 42.4. The van der Waals surface area contributed by atoms with Crippen molar-refractivity contribution in [2.24, 2.45) is 0 Å². The second-order valence-corrected chi connectivity index (χ2v) is 10.1. The summed E-state index contributed by atoms with van der Waals surface area (Å²) in [5.74, 6) is -0.0305. The van der Waals surface area contributed by atoms with Crippen molar-refractivity contribution in [2.75, 3.05) is 33.4 Å². The zero-order chi connectivity index (χ0) is 24.7. The number of likely N-dealkylation sites (tertiary alicyclic amines) is 1. The highest BCUT2D eigenvalue weighted by Crippen LogP contribution is 2.40. The number of imide groups is 1. The molecule has 0 atom stereocenters. The van der Waals surface area contributed by atoms with Crippen LogP contribution in [0.2, 0.25) is 0 Å². The van der Waals surface area contributed by atoms with Crippen LogP contribution in [0.15, 0.2) is 54.9 Å². The minimum absolute atomic E-state index is 0.0305. The molecule has 2 aliphatic heterocycles. The molecule has 3 amide bonds. The van der Waals surface area contributed by atoms with Gasteiger partial charge < -0.3 is 9.64 Å². The summed E-state index contributed by atoms with van der Waals surface area (Å²) in [5.41, 5.74) is 4.62. The fourth-order valence-corrected chi connectivity index (χ4v) is 6.26. The van der Waals surface area contributed by atoms with Crippen LogP contribution in [0.4, 0.5) is 4.79 Å². The van der Waals surface area contributed by atoms with E-state index < -0.39 is 5.54 Å². The van der Waals surface area contributed by atoms with E-state index in [4.69, 9.17) is 4.74 Å². The number of para-hydroxylation sites is 1. The van der Waals surface area contributed by atoms with Crippen molar-refractivity contribution in [3.05, 3.63) is 71.5 Å². The number of ether oxygens (including phenoxy) is 1. The molecule has 8 nitrogen and oxygen atoms in total.